The summed E-state index contributed by atoms with van der Waals surface area (Å²) < 4.78 is 0. The normalized spacial score (nSPS) is 11.9. The van der Waals surface area contributed by atoms with Gasteiger partial charge in [-0.15, -0.1) is 0 Å². The van der Waals surface area contributed by atoms with Gasteiger partial charge in [-0.3, -0.25) is 4.79 Å². The summed E-state index contributed by atoms with van der Waals surface area (Å²) in [5.41, 5.74) is 0.644. The highest BCUT2D eigenvalue weighted by molar-refractivity contribution is 6.03. The van der Waals surface area contributed by atoms with Crippen LogP contribution in [-0.2, 0) is 4.79 Å². The predicted octanol–water partition coefficient (Wildman–Crippen LogP) is 2.73. The molecule has 72 valence electrons. The number of carbonyl (C=O) groups excluding carboxylic acids is 1. The molecule has 0 radical (unpaired) electrons. The summed E-state index contributed by atoms with van der Waals surface area (Å²) in [4.78, 5) is 11.1. The van der Waals surface area contributed by atoms with Crippen molar-refractivity contribution in [2.24, 2.45) is 0 Å². The van der Waals surface area contributed by atoms with Gasteiger partial charge < -0.3 is 5.11 Å². The summed E-state index contributed by atoms with van der Waals surface area (Å²) in [6.07, 6.45) is 4.24. The number of carbonyl (C=O) groups is 1. The second-order valence-corrected chi connectivity index (χ2v) is 2.80. The van der Waals surface area contributed by atoms with Gasteiger partial charge in [-0.05, 0) is 13.0 Å². The Morgan fingerprint density at radius 3 is 2.50 bits per heavy atom. The number of aliphatic hydroxyl groups excluding tert-OH is 1. The maximum Gasteiger partial charge on any atom is 0.182 e. The largest absolute Gasteiger partial charge is 0.507 e. The minimum absolute atomic E-state index is 0.00583. The number of aliphatic hydroxyl groups is 1. The Morgan fingerprint density at radius 2 is 1.93 bits per heavy atom. The van der Waals surface area contributed by atoms with Gasteiger partial charge in [0, 0.05) is 11.6 Å². The Kier molecular flexibility index (Phi) is 3.68. The van der Waals surface area contributed by atoms with Gasteiger partial charge in [0.15, 0.2) is 5.78 Å². The predicted molar refractivity (Wildman–Crippen MR) is 56.9 cm³/mol. The first-order valence-electron chi connectivity index (χ1n) is 4.37. The van der Waals surface area contributed by atoms with Crippen LogP contribution in [0, 0.1) is 0 Å². The van der Waals surface area contributed by atoms with E-state index in [1.165, 1.54) is 12.2 Å². The molecule has 14 heavy (non-hydrogen) atoms. The van der Waals surface area contributed by atoms with E-state index in [4.69, 9.17) is 0 Å². The number of benzene rings is 1. The van der Waals surface area contributed by atoms with Crippen molar-refractivity contribution >= 4 is 11.5 Å². The molecule has 1 rings (SSSR count). The van der Waals surface area contributed by atoms with Crippen molar-refractivity contribution in [3.63, 3.8) is 0 Å². The Labute approximate surface area is 83.2 Å². The van der Waals surface area contributed by atoms with E-state index in [0.717, 1.165) is 0 Å². The number of allylic oxidation sites excluding steroid dienone is 3. The summed E-state index contributed by atoms with van der Waals surface area (Å²) in [5, 5.41) is 9.52. The van der Waals surface area contributed by atoms with E-state index in [-0.39, 0.29) is 11.5 Å². The van der Waals surface area contributed by atoms with E-state index in [1.807, 2.05) is 6.07 Å². The lowest BCUT2D eigenvalue weighted by Gasteiger charge is -1.97. The van der Waals surface area contributed by atoms with E-state index in [9.17, 15) is 9.90 Å². The third-order valence-electron chi connectivity index (χ3n) is 1.68. The van der Waals surface area contributed by atoms with Crippen molar-refractivity contribution < 1.29 is 9.90 Å². The highest BCUT2D eigenvalue weighted by atomic mass is 16.3. The molecule has 0 fully saturated rings. The first-order valence-corrected chi connectivity index (χ1v) is 4.37. The van der Waals surface area contributed by atoms with Crippen LogP contribution in [0.4, 0.5) is 0 Å². The summed E-state index contributed by atoms with van der Waals surface area (Å²) in [5.74, 6) is -0.220. The molecule has 0 amide bonds. The number of ketones is 1. The SMILES string of the molecule is C/C=C/C(=O)/C=C(\O)c1ccccc1. The molecule has 0 aliphatic rings. The van der Waals surface area contributed by atoms with Gasteiger partial charge in [0.1, 0.15) is 5.76 Å². The lowest BCUT2D eigenvalue weighted by molar-refractivity contribution is -0.110. The highest BCUT2D eigenvalue weighted by Crippen LogP contribution is 2.09. The highest BCUT2D eigenvalue weighted by Gasteiger charge is 1.98. The van der Waals surface area contributed by atoms with Gasteiger partial charge in [-0.1, -0.05) is 36.4 Å². The van der Waals surface area contributed by atoms with Crippen molar-refractivity contribution in [1.29, 1.82) is 0 Å². The second-order valence-electron chi connectivity index (χ2n) is 2.80. The zero-order chi connectivity index (χ0) is 10.4. The lowest BCUT2D eigenvalue weighted by Crippen LogP contribution is -1.89. The second kappa shape index (κ2) is 5.02. The molecular formula is C12H12O2. The molecule has 0 aliphatic heterocycles. The maximum absolute atomic E-state index is 11.1. The van der Waals surface area contributed by atoms with Gasteiger partial charge in [0.25, 0.3) is 0 Å². The summed E-state index contributed by atoms with van der Waals surface area (Å²) in [7, 11) is 0. The van der Waals surface area contributed by atoms with Crippen LogP contribution in [0.2, 0.25) is 0 Å². The molecule has 0 bridgehead atoms. The van der Waals surface area contributed by atoms with Crippen molar-refractivity contribution in [2.75, 3.05) is 0 Å². The zero-order valence-electron chi connectivity index (χ0n) is 7.97. The fourth-order valence-corrected chi connectivity index (χ4v) is 1.04. The zero-order valence-corrected chi connectivity index (χ0v) is 7.97. The molecular weight excluding hydrogens is 176 g/mol. The lowest BCUT2D eigenvalue weighted by atomic mass is 10.1. The van der Waals surface area contributed by atoms with Crippen molar-refractivity contribution in [1.82, 2.24) is 0 Å². The Hall–Kier alpha value is -1.83. The Balaban J connectivity index is 2.85. The van der Waals surface area contributed by atoms with Crippen LogP contribution in [0.25, 0.3) is 5.76 Å². The van der Waals surface area contributed by atoms with E-state index in [1.54, 1.807) is 37.3 Å². The molecule has 1 N–H and O–H groups in total. The fraction of sp³-hybridized carbons (Fsp3) is 0.0833. The molecule has 0 heterocycles. The standard InChI is InChI=1S/C12H12O2/c1-2-6-11(13)9-12(14)10-7-4-3-5-8-10/h2-9,14H,1H3/b6-2+,12-9-. The van der Waals surface area contributed by atoms with Gasteiger partial charge in [0.2, 0.25) is 0 Å². The number of hydrogen-bond acceptors (Lipinski definition) is 2. The first kappa shape index (κ1) is 10.3. The Bertz CT molecular complexity index is 361. The van der Waals surface area contributed by atoms with Gasteiger partial charge in [-0.25, -0.2) is 0 Å². The van der Waals surface area contributed by atoms with E-state index < -0.39 is 0 Å². The molecule has 0 atom stereocenters. The molecule has 1 aromatic carbocycles. The quantitative estimate of drug-likeness (QED) is 0.585. The molecule has 0 saturated carbocycles. The molecule has 0 aliphatic carbocycles. The van der Waals surface area contributed by atoms with Crippen LogP contribution in [0.5, 0.6) is 0 Å². The van der Waals surface area contributed by atoms with Crippen LogP contribution in [-0.4, -0.2) is 10.9 Å². The third kappa shape index (κ3) is 2.90. The van der Waals surface area contributed by atoms with Gasteiger partial charge >= 0.3 is 0 Å². The van der Waals surface area contributed by atoms with Gasteiger partial charge in [-0.2, -0.15) is 0 Å². The molecule has 0 spiro atoms. The minimum atomic E-state index is -0.214. The fourth-order valence-electron chi connectivity index (χ4n) is 1.04. The van der Waals surface area contributed by atoms with Crippen molar-refractivity contribution in [2.45, 2.75) is 6.92 Å². The third-order valence-corrected chi connectivity index (χ3v) is 1.68. The molecule has 2 heteroatoms. The monoisotopic (exact) mass is 188 g/mol. The average molecular weight is 188 g/mol. The number of hydrogen-bond donors (Lipinski definition) is 1. The van der Waals surface area contributed by atoms with Crippen LogP contribution in [0.15, 0.2) is 48.6 Å². The number of rotatable bonds is 3. The maximum atomic E-state index is 11.1. The van der Waals surface area contributed by atoms with E-state index in [2.05, 4.69) is 0 Å². The van der Waals surface area contributed by atoms with Crippen LogP contribution in [0.1, 0.15) is 12.5 Å². The summed E-state index contributed by atoms with van der Waals surface area (Å²) in [6, 6.07) is 8.95. The van der Waals surface area contributed by atoms with Crippen LogP contribution in [0.3, 0.4) is 0 Å². The van der Waals surface area contributed by atoms with Gasteiger partial charge in [0.05, 0.1) is 0 Å². The molecule has 2 nitrogen and oxygen atoms in total. The van der Waals surface area contributed by atoms with Crippen molar-refractivity contribution in [3.05, 3.63) is 54.1 Å². The molecule has 0 aromatic heterocycles. The van der Waals surface area contributed by atoms with E-state index in [0.29, 0.717) is 5.56 Å². The first-order chi connectivity index (χ1) is 6.74. The Morgan fingerprint density at radius 1 is 1.29 bits per heavy atom. The topological polar surface area (TPSA) is 37.3 Å². The summed E-state index contributed by atoms with van der Waals surface area (Å²) in [6.45, 7) is 1.76. The summed E-state index contributed by atoms with van der Waals surface area (Å²) >= 11 is 0. The smallest absolute Gasteiger partial charge is 0.182 e. The van der Waals surface area contributed by atoms with Crippen LogP contribution < -0.4 is 0 Å². The average Bonchev–Trinajstić information content (AvgIpc) is 2.19. The van der Waals surface area contributed by atoms with E-state index >= 15 is 0 Å². The van der Waals surface area contributed by atoms with Crippen LogP contribution >= 0.6 is 0 Å². The minimum Gasteiger partial charge on any atom is -0.507 e. The molecule has 0 unspecified atom stereocenters. The molecule has 1 aromatic rings. The van der Waals surface area contributed by atoms with Crippen molar-refractivity contribution in [3.8, 4) is 0 Å². The molecule has 0 saturated heterocycles.